The maximum Gasteiger partial charge on any atom is 0.328 e. The van der Waals surface area contributed by atoms with Crippen molar-refractivity contribution in [2.24, 2.45) is 0 Å². The van der Waals surface area contributed by atoms with E-state index in [1.165, 1.54) is 0 Å². The second-order valence-electron chi connectivity index (χ2n) is 5.00. The number of hydrogen-bond acceptors (Lipinski definition) is 3. The molecule has 0 aromatic heterocycles. The molecule has 1 aromatic rings. The molecule has 1 unspecified atom stereocenters. The van der Waals surface area contributed by atoms with E-state index < -0.39 is 12.0 Å². The van der Waals surface area contributed by atoms with Crippen LogP contribution >= 0.6 is 0 Å². The summed E-state index contributed by atoms with van der Waals surface area (Å²) in [6, 6.07) is 6.94. The first-order chi connectivity index (χ1) is 9.00. The van der Waals surface area contributed by atoms with Crippen molar-refractivity contribution in [3.8, 4) is 0 Å². The quantitative estimate of drug-likeness (QED) is 0.858. The number of carbonyl (C=O) groups is 2. The predicted octanol–water partition coefficient (Wildman–Crippen LogP) is 1.20. The van der Waals surface area contributed by atoms with Gasteiger partial charge in [-0.05, 0) is 17.5 Å². The Labute approximate surface area is 112 Å². The van der Waals surface area contributed by atoms with E-state index >= 15 is 0 Å². The van der Waals surface area contributed by atoms with Crippen LogP contribution in [0.4, 0.5) is 5.69 Å². The number of hydrogen-bond donors (Lipinski definition) is 2. The van der Waals surface area contributed by atoms with E-state index in [1.807, 2.05) is 24.3 Å². The van der Waals surface area contributed by atoms with Gasteiger partial charge in [-0.15, -0.1) is 0 Å². The topological polar surface area (TPSA) is 69.6 Å². The summed E-state index contributed by atoms with van der Waals surface area (Å²) in [5, 5.41) is 11.9. The molecule has 1 fully saturated rings. The molecule has 1 aliphatic heterocycles. The molecule has 102 valence electrons. The van der Waals surface area contributed by atoms with Crippen LogP contribution in [0, 0.1) is 0 Å². The number of anilines is 1. The molecule has 0 saturated carbocycles. The van der Waals surface area contributed by atoms with Crippen molar-refractivity contribution >= 4 is 17.6 Å². The number of carboxylic acid groups (broad SMARTS) is 1. The summed E-state index contributed by atoms with van der Waals surface area (Å²) >= 11 is 0. The molecular formula is C14H18N2O3. The number of benzene rings is 1. The second-order valence-corrected chi connectivity index (χ2v) is 5.00. The largest absolute Gasteiger partial charge is 0.480 e. The van der Waals surface area contributed by atoms with E-state index in [-0.39, 0.29) is 24.9 Å². The van der Waals surface area contributed by atoms with E-state index in [4.69, 9.17) is 0 Å². The van der Waals surface area contributed by atoms with Gasteiger partial charge in [0.1, 0.15) is 6.04 Å². The number of amides is 1. The van der Waals surface area contributed by atoms with Gasteiger partial charge in [0, 0.05) is 12.2 Å². The maximum atomic E-state index is 11.6. The van der Waals surface area contributed by atoms with Crippen LogP contribution in [0.1, 0.15) is 25.3 Å². The van der Waals surface area contributed by atoms with Gasteiger partial charge < -0.3 is 15.3 Å². The van der Waals surface area contributed by atoms with Gasteiger partial charge in [0.25, 0.3) is 0 Å². The summed E-state index contributed by atoms with van der Waals surface area (Å²) in [5.41, 5.74) is 1.89. The molecule has 1 heterocycles. The summed E-state index contributed by atoms with van der Waals surface area (Å²) in [7, 11) is 0. The Hall–Kier alpha value is -2.04. The maximum absolute atomic E-state index is 11.6. The minimum atomic E-state index is -0.918. The second kappa shape index (κ2) is 5.30. The molecule has 1 atom stereocenters. The van der Waals surface area contributed by atoms with Crippen molar-refractivity contribution in [2.75, 3.05) is 18.0 Å². The number of para-hydroxylation sites is 1. The molecule has 1 saturated heterocycles. The Balaban J connectivity index is 2.41. The lowest BCUT2D eigenvalue weighted by Gasteiger charge is -2.36. The molecule has 1 aliphatic rings. The highest BCUT2D eigenvalue weighted by Crippen LogP contribution is 2.29. The van der Waals surface area contributed by atoms with Crippen molar-refractivity contribution in [1.29, 1.82) is 0 Å². The first kappa shape index (κ1) is 13.4. The normalized spacial score (nSPS) is 19.4. The standard InChI is InChI=1S/C14H18N2O3/c1-9(2)10-5-3-4-6-11(10)16-8-13(17)15-7-12(16)14(18)19/h3-6,9,12H,7-8H2,1-2H3,(H,15,17)(H,18,19). The summed E-state index contributed by atoms with van der Waals surface area (Å²) in [5.74, 6) is -0.787. The van der Waals surface area contributed by atoms with Crippen LogP contribution in [0.15, 0.2) is 24.3 Å². The summed E-state index contributed by atoms with van der Waals surface area (Å²) in [6.45, 7) is 4.33. The first-order valence-electron chi connectivity index (χ1n) is 6.35. The highest BCUT2D eigenvalue weighted by atomic mass is 16.4. The zero-order chi connectivity index (χ0) is 14.0. The third-order valence-electron chi connectivity index (χ3n) is 3.34. The van der Waals surface area contributed by atoms with Crippen LogP contribution in [0.5, 0.6) is 0 Å². The van der Waals surface area contributed by atoms with Crippen molar-refractivity contribution < 1.29 is 14.7 Å². The summed E-state index contributed by atoms with van der Waals surface area (Å²) in [6.07, 6.45) is 0. The molecule has 0 spiro atoms. The van der Waals surface area contributed by atoms with Crippen LogP contribution < -0.4 is 10.2 Å². The molecule has 0 radical (unpaired) electrons. The van der Waals surface area contributed by atoms with Crippen LogP contribution in [0.2, 0.25) is 0 Å². The van der Waals surface area contributed by atoms with Crippen LogP contribution in [0.25, 0.3) is 0 Å². The predicted molar refractivity (Wildman–Crippen MR) is 72.3 cm³/mol. The molecule has 5 nitrogen and oxygen atoms in total. The van der Waals surface area contributed by atoms with Gasteiger partial charge in [-0.25, -0.2) is 4.79 Å². The molecule has 0 bridgehead atoms. The molecule has 1 amide bonds. The van der Waals surface area contributed by atoms with Crippen molar-refractivity contribution in [3.63, 3.8) is 0 Å². The van der Waals surface area contributed by atoms with E-state index in [0.29, 0.717) is 0 Å². The molecule has 2 rings (SSSR count). The number of piperazine rings is 1. The first-order valence-corrected chi connectivity index (χ1v) is 6.35. The van der Waals surface area contributed by atoms with Gasteiger partial charge in [0.2, 0.25) is 5.91 Å². The Kier molecular flexibility index (Phi) is 3.74. The molecule has 0 aliphatic carbocycles. The van der Waals surface area contributed by atoms with Crippen LogP contribution in [-0.2, 0) is 9.59 Å². The van der Waals surface area contributed by atoms with E-state index in [2.05, 4.69) is 19.2 Å². The fourth-order valence-electron chi connectivity index (χ4n) is 2.35. The van der Waals surface area contributed by atoms with Crippen LogP contribution in [0.3, 0.4) is 0 Å². The average Bonchev–Trinajstić information content (AvgIpc) is 2.38. The third kappa shape index (κ3) is 2.70. The highest BCUT2D eigenvalue weighted by Gasteiger charge is 2.33. The fourth-order valence-corrected chi connectivity index (χ4v) is 2.35. The number of nitrogens with one attached hydrogen (secondary N) is 1. The van der Waals surface area contributed by atoms with E-state index in [9.17, 15) is 14.7 Å². The molecule has 5 heteroatoms. The highest BCUT2D eigenvalue weighted by molar-refractivity contribution is 5.89. The van der Waals surface area contributed by atoms with Gasteiger partial charge in [0.15, 0.2) is 0 Å². The Morgan fingerprint density at radius 3 is 2.74 bits per heavy atom. The lowest BCUT2D eigenvalue weighted by molar-refractivity contribution is -0.139. The minimum absolute atomic E-state index is 0.0840. The number of nitrogens with zero attached hydrogens (tertiary/aromatic N) is 1. The van der Waals surface area contributed by atoms with Crippen molar-refractivity contribution in [2.45, 2.75) is 25.8 Å². The third-order valence-corrected chi connectivity index (χ3v) is 3.34. The zero-order valence-corrected chi connectivity index (χ0v) is 11.1. The molecule has 1 aromatic carbocycles. The van der Waals surface area contributed by atoms with Crippen LogP contribution in [-0.4, -0.2) is 36.1 Å². The van der Waals surface area contributed by atoms with Gasteiger partial charge >= 0.3 is 5.97 Å². The summed E-state index contributed by atoms with van der Waals surface area (Å²) < 4.78 is 0. The van der Waals surface area contributed by atoms with Gasteiger partial charge in [-0.2, -0.15) is 0 Å². The van der Waals surface area contributed by atoms with E-state index in [1.54, 1.807) is 4.90 Å². The van der Waals surface area contributed by atoms with Gasteiger partial charge in [-0.1, -0.05) is 32.0 Å². The smallest absolute Gasteiger partial charge is 0.328 e. The number of carbonyl (C=O) groups excluding carboxylic acids is 1. The van der Waals surface area contributed by atoms with Crippen molar-refractivity contribution in [3.05, 3.63) is 29.8 Å². The van der Waals surface area contributed by atoms with Gasteiger partial charge in [-0.3, -0.25) is 4.79 Å². The fraction of sp³-hybridized carbons (Fsp3) is 0.429. The lowest BCUT2D eigenvalue weighted by Crippen LogP contribution is -2.58. The zero-order valence-electron chi connectivity index (χ0n) is 11.1. The van der Waals surface area contributed by atoms with E-state index in [0.717, 1.165) is 11.3 Å². The minimum Gasteiger partial charge on any atom is -0.480 e. The van der Waals surface area contributed by atoms with Crippen molar-refractivity contribution in [1.82, 2.24) is 5.32 Å². The number of aliphatic carboxylic acids is 1. The SMILES string of the molecule is CC(C)c1ccccc1N1CC(=O)NCC1C(=O)O. The molecule has 2 N–H and O–H groups in total. The average molecular weight is 262 g/mol. The number of rotatable bonds is 3. The molecular weight excluding hydrogens is 244 g/mol. The Morgan fingerprint density at radius 2 is 2.11 bits per heavy atom. The monoisotopic (exact) mass is 262 g/mol. The molecule has 19 heavy (non-hydrogen) atoms. The number of carboxylic acids is 1. The lowest BCUT2D eigenvalue weighted by atomic mass is 9.99. The van der Waals surface area contributed by atoms with Gasteiger partial charge in [0.05, 0.1) is 6.54 Å². The Bertz CT molecular complexity index is 499. The Morgan fingerprint density at radius 1 is 1.42 bits per heavy atom. The summed E-state index contributed by atoms with van der Waals surface area (Å²) in [4.78, 5) is 24.6.